The van der Waals surface area contributed by atoms with Crippen LogP contribution in [-0.2, 0) is 12.6 Å². The van der Waals surface area contributed by atoms with Crippen molar-refractivity contribution < 1.29 is 13.2 Å². The summed E-state index contributed by atoms with van der Waals surface area (Å²) in [6.07, 6.45) is -1.41. The summed E-state index contributed by atoms with van der Waals surface area (Å²) in [4.78, 5) is 0. The highest BCUT2D eigenvalue weighted by Gasteiger charge is 2.32. The zero-order chi connectivity index (χ0) is 11.1. The summed E-state index contributed by atoms with van der Waals surface area (Å²) in [7, 11) is 0. The maximum absolute atomic E-state index is 12.4. The van der Waals surface area contributed by atoms with Gasteiger partial charge in [-0.3, -0.25) is 0 Å². The minimum atomic E-state index is -4.21. The Labute approximate surface area is 87.1 Å². The predicted molar refractivity (Wildman–Crippen MR) is 52.8 cm³/mol. The van der Waals surface area contributed by atoms with Crippen LogP contribution in [0.4, 0.5) is 13.2 Å². The first kappa shape index (κ1) is 10.5. The number of hydrogen-bond acceptors (Lipinski definition) is 0. The normalized spacial score (nSPS) is 20.4. The quantitative estimate of drug-likeness (QED) is 0.659. The molecule has 0 N–H and O–H groups in total. The molecular formula is C12H13F3. The molecule has 15 heavy (non-hydrogen) atoms. The molecule has 82 valence electrons. The van der Waals surface area contributed by atoms with E-state index in [1.54, 1.807) is 6.07 Å². The first-order chi connectivity index (χ1) is 7.02. The third-order valence-corrected chi connectivity index (χ3v) is 3.17. The fourth-order valence-electron chi connectivity index (χ4n) is 2.31. The highest BCUT2D eigenvalue weighted by Crippen LogP contribution is 2.38. The smallest absolute Gasteiger partial charge is 0.166 e. The van der Waals surface area contributed by atoms with Gasteiger partial charge in [-0.2, -0.15) is 13.2 Å². The van der Waals surface area contributed by atoms with Gasteiger partial charge in [-0.05, 0) is 48.4 Å². The first-order valence-corrected chi connectivity index (χ1v) is 5.22. The number of aryl methyl sites for hydroxylation is 1. The molecule has 0 bridgehead atoms. The van der Waals surface area contributed by atoms with Crippen LogP contribution >= 0.6 is 0 Å². The molecule has 0 aromatic heterocycles. The largest absolute Gasteiger partial charge is 0.416 e. The fraction of sp³-hybridized carbons (Fsp3) is 0.500. The topological polar surface area (TPSA) is 0 Å². The van der Waals surface area contributed by atoms with Gasteiger partial charge in [0.1, 0.15) is 0 Å². The van der Waals surface area contributed by atoms with Crippen LogP contribution < -0.4 is 0 Å². The Morgan fingerprint density at radius 1 is 1.33 bits per heavy atom. The van der Waals surface area contributed by atoms with E-state index in [9.17, 15) is 13.2 Å². The van der Waals surface area contributed by atoms with E-state index < -0.39 is 11.7 Å². The van der Waals surface area contributed by atoms with E-state index in [1.165, 1.54) is 12.1 Å². The van der Waals surface area contributed by atoms with E-state index in [2.05, 4.69) is 6.92 Å². The molecule has 0 amide bonds. The summed E-state index contributed by atoms with van der Waals surface area (Å²) in [5, 5.41) is 0. The molecule has 1 aliphatic rings. The zero-order valence-electron chi connectivity index (χ0n) is 8.56. The third-order valence-electron chi connectivity index (χ3n) is 3.17. The van der Waals surface area contributed by atoms with Crippen LogP contribution in [0.3, 0.4) is 0 Å². The summed E-state index contributed by atoms with van der Waals surface area (Å²) < 4.78 is 37.3. The molecule has 0 saturated heterocycles. The Bertz CT molecular complexity index is 366. The fourth-order valence-corrected chi connectivity index (χ4v) is 2.31. The molecule has 1 aromatic carbocycles. The van der Waals surface area contributed by atoms with Crippen molar-refractivity contribution in [2.24, 2.45) is 0 Å². The van der Waals surface area contributed by atoms with Gasteiger partial charge < -0.3 is 0 Å². The highest BCUT2D eigenvalue weighted by molar-refractivity contribution is 5.39. The number of halogens is 3. The number of hydrogen-bond donors (Lipinski definition) is 0. The molecule has 0 heterocycles. The first-order valence-electron chi connectivity index (χ1n) is 5.22. The van der Waals surface area contributed by atoms with Crippen molar-refractivity contribution in [1.29, 1.82) is 0 Å². The molecule has 1 aromatic rings. The van der Waals surface area contributed by atoms with Crippen LogP contribution in [0.1, 0.15) is 42.4 Å². The summed E-state index contributed by atoms with van der Waals surface area (Å²) >= 11 is 0. The molecule has 3 heteroatoms. The lowest BCUT2D eigenvalue weighted by Gasteiger charge is -2.11. The van der Waals surface area contributed by atoms with E-state index in [0.29, 0.717) is 5.92 Å². The molecule has 1 atom stereocenters. The van der Waals surface area contributed by atoms with Crippen molar-refractivity contribution in [3.63, 3.8) is 0 Å². The van der Waals surface area contributed by atoms with E-state index in [0.717, 1.165) is 30.4 Å². The Morgan fingerprint density at radius 3 is 2.67 bits per heavy atom. The van der Waals surface area contributed by atoms with Crippen molar-refractivity contribution in [3.05, 3.63) is 34.9 Å². The summed E-state index contributed by atoms with van der Waals surface area (Å²) in [6.45, 7) is 2.08. The van der Waals surface area contributed by atoms with Crippen LogP contribution in [0.5, 0.6) is 0 Å². The molecule has 0 saturated carbocycles. The van der Waals surface area contributed by atoms with Gasteiger partial charge in [-0.1, -0.05) is 13.0 Å². The van der Waals surface area contributed by atoms with Gasteiger partial charge in [0.25, 0.3) is 0 Å². The van der Waals surface area contributed by atoms with Crippen LogP contribution in [0.25, 0.3) is 0 Å². The molecule has 0 nitrogen and oxygen atoms in total. The van der Waals surface area contributed by atoms with Gasteiger partial charge >= 0.3 is 6.18 Å². The Morgan fingerprint density at radius 2 is 2.07 bits per heavy atom. The number of fused-ring (bicyclic) bond motifs is 1. The Kier molecular flexibility index (Phi) is 2.49. The van der Waals surface area contributed by atoms with E-state index in [-0.39, 0.29) is 0 Å². The van der Waals surface area contributed by atoms with Gasteiger partial charge in [-0.15, -0.1) is 0 Å². The van der Waals surface area contributed by atoms with E-state index in [4.69, 9.17) is 0 Å². The van der Waals surface area contributed by atoms with E-state index in [1.807, 2.05) is 0 Å². The lowest BCUT2D eigenvalue weighted by atomic mass is 9.97. The molecule has 0 radical (unpaired) electrons. The monoisotopic (exact) mass is 214 g/mol. The second kappa shape index (κ2) is 3.54. The molecule has 0 fully saturated rings. The molecule has 2 rings (SSSR count). The van der Waals surface area contributed by atoms with Crippen molar-refractivity contribution in [1.82, 2.24) is 0 Å². The molecular weight excluding hydrogens is 201 g/mol. The maximum atomic E-state index is 12.4. The van der Waals surface area contributed by atoms with Crippen LogP contribution in [0, 0.1) is 0 Å². The lowest BCUT2D eigenvalue weighted by molar-refractivity contribution is -0.137. The molecule has 0 unspecified atom stereocenters. The average molecular weight is 214 g/mol. The molecule has 0 spiro atoms. The van der Waals surface area contributed by atoms with Crippen molar-refractivity contribution in [3.8, 4) is 0 Å². The molecule has 0 aliphatic heterocycles. The second-order valence-electron chi connectivity index (χ2n) is 4.06. The van der Waals surface area contributed by atoms with Gasteiger partial charge in [-0.25, -0.2) is 0 Å². The number of rotatable bonds is 1. The van der Waals surface area contributed by atoms with Gasteiger partial charge in [0.2, 0.25) is 0 Å². The van der Waals surface area contributed by atoms with Crippen LogP contribution in [-0.4, -0.2) is 0 Å². The minimum Gasteiger partial charge on any atom is -0.166 e. The van der Waals surface area contributed by atoms with Crippen molar-refractivity contribution in [2.45, 2.75) is 38.3 Å². The minimum absolute atomic E-state index is 0.460. The third kappa shape index (κ3) is 1.87. The molecule has 1 aliphatic carbocycles. The van der Waals surface area contributed by atoms with Crippen LogP contribution in [0.15, 0.2) is 18.2 Å². The standard InChI is InChI=1S/C12H13F3/c1-2-8-3-4-9-7-10(12(13,14)15)5-6-11(8)9/h5-8H,2-4H2,1H3/t8-/m1/s1. The summed E-state index contributed by atoms with van der Waals surface area (Å²) in [5.74, 6) is 0.460. The van der Waals surface area contributed by atoms with Crippen molar-refractivity contribution >= 4 is 0 Å². The summed E-state index contributed by atoms with van der Waals surface area (Å²) in [6, 6.07) is 4.16. The second-order valence-corrected chi connectivity index (χ2v) is 4.06. The van der Waals surface area contributed by atoms with Crippen molar-refractivity contribution in [2.75, 3.05) is 0 Å². The number of benzene rings is 1. The lowest BCUT2D eigenvalue weighted by Crippen LogP contribution is -2.05. The highest BCUT2D eigenvalue weighted by atomic mass is 19.4. The van der Waals surface area contributed by atoms with Gasteiger partial charge in [0.15, 0.2) is 0 Å². The Balaban J connectivity index is 2.37. The number of alkyl halides is 3. The maximum Gasteiger partial charge on any atom is 0.416 e. The summed E-state index contributed by atoms with van der Waals surface area (Å²) in [5.41, 5.74) is 1.49. The van der Waals surface area contributed by atoms with E-state index >= 15 is 0 Å². The zero-order valence-corrected chi connectivity index (χ0v) is 8.56. The van der Waals surface area contributed by atoms with Crippen LogP contribution in [0.2, 0.25) is 0 Å². The Hall–Kier alpha value is -0.990. The predicted octanol–water partition coefficient (Wildman–Crippen LogP) is 4.15. The van der Waals surface area contributed by atoms with Gasteiger partial charge in [0, 0.05) is 0 Å². The average Bonchev–Trinajstić information content (AvgIpc) is 2.58. The van der Waals surface area contributed by atoms with Gasteiger partial charge in [0.05, 0.1) is 5.56 Å². The SMILES string of the molecule is CC[C@@H]1CCc2cc(C(F)(F)F)ccc21.